The molecule has 0 heterocycles. The van der Waals surface area contributed by atoms with E-state index >= 15 is 0 Å². The molecule has 6 N–H and O–H groups in total. The van der Waals surface area contributed by atoms with E-state index in [1.165, 1.54) is 70.6 Å². The van der Waals surface area contributed by atoms with Gasteiger partial charge in [0.25, 0.3) is 0 Å². The van der Waals surface area contributed by atoms with E-state index in [1.54, 1.807) is 6.92 Å². The van der Waals surface area contributed by atoms with Crippen LogP contribution in [0.1, 0.15) is 155 Å². The SMILES string of the molecule is CC(N)C(=O)SNC(C=O)CCCCNC(=O)CCCNC(=O)CCCCCCCCCCCCCCCCCCC(=O)O. The molecule has 11 heteroatoms. The Kier molecular flexibility index (Phi) is 29.6. The number of nitrogens with two attached hydrogens (primary N) is 1. The highest BCUT2D eigenvalue weighted by Gasteiger charge is 2.13. The maximum Gasteiger partial charge on any atom is 0.303 e. The summed E-state index contributed by atoms with van der Waals surface area (Å²) in [5.74, 6) is -0.667. The third-order valence-corrected chi connectivity index (χ3v) is 8.55. The van der Waals surface area contributed by atoms with Crippen molar-refractivity contribution in [1.82, 2.24) is 15.4 Å². The molecule has 0 spiro atoms. The van der Waals surface area contributed by atoms with E-state index in [4.69, 9.17) is 10.8 Å². The summed E-state index contributed by atoms with van der Waals surface area (Å²) in [6.45, 7) is 2.63. The molecule has 0 rings (SSSR count). The van der Waals surface area contributed by atoms with Crippen LogP contribution in [-0.4, -0.2) is 59.5 Å². The molecular formula is C33H62N4O6S. The third-order valence-electron chi connectivity index (χ3n) is 7.56. The van der Waals surface area contributed by atoms with Gasteiger partial charge < -0.3 is 26.3 Å². The summed E-state index contributed by atoms with van der Waals surface area (Å²) in [6, 6.07) is -1.01. The van der Waals surface area contributed by atoms with Crippen molar-refractivity contribution >= 4 is 41.1 Å². The van der Waals surface area contributed by atoms with Gasteiger partial charge in [-0.15, -0.1) is 0 Å². The number of hydrogen-bond acceptors (Lipinski definition) is 8. The van der Waals surface area contributed by atoms with Crippen molar-refractivity contribution in [2.75, 3.05) is 13.1 Å². The fraction of sp³-hybridized carbons (Fsp3) is 0.848. The first-order chi connectivity index (χ1) is 21.3. The fourth-order valence-electron chi connectivity index (χ4n) is 4.79. The monoisotopic (exact) mass is 642 g/mol. The number of carboxylic acids is 1. The molecule has 2 unspecified atom stereocenters. The molecule has 0 aliphatic rings. The van der Waals surface area contributed by atoms with Crippen molar-refractivity contribution in [3.05, 3.63) is 0 Å². The summed E-state index contributed by atoms with van der Waals surface area (Å²) >= 11 is 0.860. The molecule has 0 aromatic carbocycles. The molecule has 0 saturated carbocycles. The first-order valence-corrected chi connectivity index (χ1v) is 18.0. The van der Waals surface area contributed by atoms with Gasteiger partial charge in [0, 0.05) is 32.4 Å². The number of aliphatic carboxylic acids is 1. The summed E-state index contributed by atoms with van der Waals surface area (Å²) in [5.41, 5.74) is 5.49. The number of nitrogens with one attached hydrogen (secondary N) is 3. The van der Waals surface area contributed by atoms with Gasteiger partial charge in [0.1, 0.15) is 6.29 Å². The minimum atomic E-state index is -0.684. The first-order valence-electron chi connectivity index (χ1n) is 17.2. The molecule has 44 heavy (non-hydrogen) atoms. The average Bonchev–Trinajstić information content (AvgIpc) is 2.99. The van der Waals surface area contributed by atoms with Crippen molar-refractivity contribution in [1.29, 1.82) is 0 Å². The van der Waals surface area contributed by atoms with Crippen molar-refractivity contribution in [3.63, 3.8) is 0 Å². The summed E-state index contributed by atoms with van der Waals surface area (Å²) < 4.78 is 2.82. The molecule has 0 aliphatic carbocycles. The second kappa shape index (κ2) is 31.0. The molecule has 2 atom stereocenters. The first kappa shape index (κ1) is 42.0. The van der Waals surface area contributed by atoms with Gasteiger partial charge in [-0.1, -0.05) is 89.9 Å². The van der Waals surface area contributed by atoms with Crippen LogP contribution in [-0.2, 0) is 24.0 Å². The highest BCUT2D eigenvalue weighted by Crippen LogP contribution is 2.14. The zero-order valence-electron chi connectivity index (χ0n) is 27.4. The van der Waals surface area contributed by atoms with Crippen LogP contribution in [0.5, 0.6) is 0 Å². The fourth-order valence-corrected chi connectivity index (χ4v) is 5.42. The van der Waals surface area contributed by atoms with Crippen LogP contribution in [0.15, 0.2) is 0 Å². The quantitative estimate of drug-likeness (QED) is 0.0338. The molecule has 0 bridgehead atoms. The molecule has 0 radical (unpaired) electrons. The number of carbonyl (C=O) groups is 5. The average molecular weight is 643 g/mol. The predicted octanol–water partition coefficient (Wildman–Crippen LogP) is 5.95. The molecule has 0 fully saturated rings. The number of hydrogen-bond donors (Lipinski definition) is 5. The van der Waals surface area contributed by atoms with Gasteiger partial charge in [0.15, 0.2) is 0 Å². The molecule has 0 saturated heterocycles. The molecule has 0 aromatic rings. The van der Waals surface area contributed by atoms with Crippen LogP contribution in [0.2, 0.25) is 0 Å². The maximum absolute atomic E-state index is 12.0. The minimum Gasteiger partial charge on any atom is -0.481 e. The zero-order chi connectivity index (χ0) is 32.7. The van der Waals surface area contributed by atoms with Crippen molar-refractivity contribution in [3.8, 4) is 0 Å². The summed E-state index contributed by atoms with van der Waals surface area (Å²) in [6.07, 6.45) is 23.7. The van der Waals surface area contributed by atoms with Crippen molar-refractivity contribution < 1.29 is 29.1 Å². The van der Waals surface area contributed by atoms with Crippen LogP contribution in [0, 0.1) is 0 Å². The van der Waals surface area contributed by atoms with Crippen molar-refractivity contribution in [2.45, 2.75) is 167 Å². The lowest BCUT2D eigenvalue weighted by Gasteiger charge is -2.12. The molecule has 256 valence electrons. The number of rotatable bonds is 32. The number of amides is 2. The van der Waals surface area contributed by atoms with E-state index in [-0.39, 0.29) is 16.9 Å². The molecule has 0 aromatic heterocycles. The second-order valence-electron chi connectivity index (χ2n) is 11.9. The minimum absolute atomic E-state index is 0.0410. The van der Waals surface area contributed by atoms with Gasteiger partial charge in [-0.3, -0.25) is 19.2 Å². The van der Waals surface area contributed by atoms with Gasteiger partial charge in [-0.25, -0.2) is 4.72 Å². The zero-order valence-corrected chi connectivity index (χ0v) is 28.2. The van der Waals surface area contributed by atoms with Gasteiger partial charge in [-0.05, 0) is 57.4 Å². The Morgan fingerprint density at radius 3 is 1.48 bits per heavy atom. The predicted molar refractivity (Wildman–Crippen MR) is 179 cm³/mol. The lowest BCUT2D eigenvalue weighted by molar-refractivity contribution is -0.137. The Morgan fingerprint density at radius 2 is 1.05 bits per heavy atom. The normalized spacial score (nSPS) is 12.4. The van der Waals surface area contributed by atoms with E-state index < -0.39 is 18.1 Å². The summed E-state index contributed by atoms with van der Waals surface area (Å²) in [7, 11) is 0. The number of carboxylic acid groups (broad SMARTS) is 1. The van der Waals surface area contributed by atoms with Gasteiger partial charge in [0.05, 0.1) is 12.1 Å². The largest absolute Gasteiger partial charge is 0.481 e. The van der Waals surface area contributed by atoms with Crippen LogP contribution in [0.25, 0.3) is 0 Å². The summed E-state index contributed by atoms with van der Waals surface area (Å²) in [5, 5.41) is 14.2. The van der Waals surface area contributed by atoms with Crippen LogP contribution >= 0.6 is 11.9 Å². The molecule has 0 aliphatic heterocycles. The molecule has 2 amide bonds. The Balaban J connectivity index is 3.42. The topological polar surface area (TPSA) is 168 Å². The highest BCUT2D eigenvalue weighted by molar-refractivity contribution is 8.12. The van der Waals surface area contributed by atoms with E-state index in [2.05, 4.69) is 15.4 Å². The van der Waals surface area contributed by atoms with Crippen LogP contribution < -0.4 is 21.1 Å². The Bertz CT molecular complexity index is 769. The molecular weight excluding hydrogens is 580 g/mol. The Morgan fingerprint density at radius 1 is 0.636 bits per heavy atom. The third kappa shape index (κ3) is 30.1. The van der Waals surface area contributed by atoms with Gasteiger partial charge >= 0.3 is 5.97 Å². The highest BCUT2D eigenvalue weighted by atomic mass is 32.2. The van der Waals surface area contributed by atoms with Gasteiger partial charge in [0.2, 0.25) is 16.9 Å². The van der Waals surface area contributed by atoms with E-state index in [0.29, 0.717) is 45.2 Å². The van der Waals surface area contributed by atoms with Crippen LogP contribution in [0.4, 0.5) is 0 Å². The lowest BCUT2D eigenvalue weighted by Crippen LogP contribution is -2.31. The standard InChI is InChI=1S/C33H62N4O6S/c1-28(34)33(43)44-37-29(27-38)21-18-19-25-35-31(40)23-20-26-36-30(39)22-16-14-12-10-8-6-4-2-3-5-7-9-11-13-15-17-24-32(41)42/h27-29,37H,2-26,34H2,1H3,(H,35,40)(H,36,39)(H,41,42). The second-order valence-corrected chi connectivity index (χ2v) is 12.8. The van der Waals surface area contributed by atoms with E-state index in [9.17, 15) is 24.0 Å². The number of unbranched alkanes of at least 4 members (excludes halogenated alkanes) is 16. The molecule has 10 nitrogen and oxygen atoms in total. The Hall–Kier alpha value is -1.98. The summed E-state index contributed by atoms with van der Waals surface area (Å²) in [4.78, 5) is 57.1. The number of carbonyl (C=O) groups excluding carboxylic acids is 4. The van der Waals surface area contributed by atoms with Gasteiger partial charge in [-0.2, -0.15) is 0 Å². The van der Waals surface area contributed by atoms with Crippen LogP contribution in [0.3, 0.4) is 0 Å². The van der Waals surface area contributed by atoms with Crippen molar-refractivity contribution in [2.24, 2.45) is 5.73 Å². The van der Waals surface area contributed by atoms with E-state index in [1.807, 2.05) is 0 Å². The lowest BCUT2D eigenvalue weighted by atomic mass is 10.0. The maximum atomic E-state index is 12.0. The smallest absolute Gasteiger partial charge is 0.303 e. The Labute approximate surface area is 270 Å². The number of aldehydes is 1. The van der Waals surface area contributed by atoms with E-state index in [0.717, 1.165) is 63.2 Å².